The van der Waals surface area contributed by atoms with E-state index < -0.39 is 0 Å². The van der Waals surface area contributed by atoms with Gasteiger partial charge in [0.05, 0.1) is 11.0 Å². The van der Waals surface area contributed by atoms with Gasteiger partial charge in [-0.15, -0.1) is 5.10 Å². The lowest BCUT2D eigenvalue weighted by atomic mass is 10.2. The average Bonchev–Trinajstić information content (AvgIpc) is 3.10. The van der Waals surface area contributed by atoms with Gasteiger partial charge in [-0.25, -0.2) is 5.10 Å². The van der Waals surface area contributed by atoms with Gasteiger partial charge >= 0.3 is 0 Å². The van der Waals surface area contributed by atoms with Crippen molar-refractivity contribution in [2.24, 2.45) is 0 Å². The molecule has 2 aromatic heterocycles. The molecule has 22 heavy (non-hydrogen) atoms. The van der Waals surface area contributed by atoms with E-state index in [1.807, 2.05) is 0 Å². The summed E-state index contributed by atoms with van der Waals surface area (Å²) in [5.41, 5.74) is 2.41. The molecule has 5 nitrogen and oxygen atoms in total. The minimum Gasteiger partial charge on any atom is -0.340 e. The summed E-state index contributed by atoms with van der Waals surface area (Å²) in [4.78, 5) is 0. The Balaban J connectivity index is 1.91. The summed E-state index contributed by atoms with van der Waals surface area (Å²) in [6.45, 7) is 0.809. The highest BCUT2D eigenvalue weighted by Gasteiger charge is 2.12. The Kier molecular flexibility index (Phi) is 3.46. The van der Waals surface area contributed by atoms with Crippen molar-refractivity contribution < 1.29 is 0 Å². The van der Waals surface area contributed by atoms with E-state index in [2.05, 4.69) is 93.4 Å². The highest BCUT2D eigenvalue weighted by molar-refractivity contribution is 9.10. The van der Waals surface area contributed by atoms with E-state index in [4.69, 9.17) is 0 Å². The molecular formula is C15H11Br2N5. The summed E-state index contributed by atoms with van der Waals surface area (Å²) in [6, 6.07) is 12.8. The van der Waals surface area contributed by atoms with Crippen molar-refractivity contribution in [3.05, 3.63) is 51.2 Å². The van der Waals surface area contributed by atoms with Crippen LogP contribution >= 0.6 is 31.9 Å². The molecule has 0 amide bonds. The van der Waals surface area contributed by atoms with E-state index in [9.17, 15) is 0 Å². The minimum atomic E-state index is 0.755. The summed E-state index contributed by atoms with van der Waals surface area (Å²) in [5, 5.41) is 16.5. The Morgan fingerprint density at radius 2 is 1.59 bits per heavy atom. The highest BCUT2D eigenvalue weighted by atomic mass is 79.9. The molecule has 0 unspecified atom stereocenters. The third-order valence-corrected chi connectivity index (χ3v) is 4.74. The first-order chi connectivity index (χ1) is 10.7. The Labute approximate surface area is 143 Å². The molecule has 7 heteroatoms. The molecule has 0 bridgehead atoms. The highest BCUT2D eigenvalue weighted by Crippen LogP contribution is 2.32. The number of aromatic amines is 1. The van der Waals surface area contributed by atoms with Gasteiger partial charge in [-0.05, 0) is 34.7 Å². The third-order valence-electron chi connectivity index (χ3n) is 3.75. The van der Waals surface area contributed by atoms with Crippen molar-refractivity contribution in [2.75, 3.05) is 0 Å². The van der Waals surface area contributed by atoms with Gasteiger partial charge in [0.15, 0.2) is 0 Å². The van der Waals surface area contributed by atoms with Crippen molar-refractivity contribution in [3.8, 4) is 0 Å². The van der Waals surface area contributed by atoms with Crippen molar-refractivity contribution >= 4 is 53.7 Å². The van der Waals surface area contributed by atoms with Crippen molar-refractivity contribution in [1.82, 2.24) is 25.2 Å². The Bertz CT molecular complexity index is 900. The van der Waals surface area contributed by atoms with Crippen molar-refractivity contribution in [3.63, 3.8) is 0 Å². The van der Waals surface area contributed by atoms with Gasteiger partial charge in [0.25, 0.3) is 0 Å². The molecule has 0 saturated heterocycles. The number of rotatable bonds is 3. The van der Waals surface area contributed by atoms with Crippen LogP contribution in [0.5, 0.6) is 0 Å². The number of hydrogen-bond donors (Lipinski definition) is 1. The average molecular weight is 421 g/mol. The first kappa shape index (κ1) is 13.9. The van der Waals surface area contributed by atoms with Gasteiger partial charge in [-0.3, -0.25) is 0 Å². The van der Waals surface area contributed by atoms with E-state index in [1.165, 1.54) is 21.8 Å². The van der Waals surface area contributed by atoms with Crippen LogP contribution in [0.3, 0.4) is 0 Å². The summed E-state index contributed by atoms with van der Waals surface area (Å²) in [6.07, 6.45) is 0.755. The maximum absolute atomic E-state index is 3.96. The number of H-pyrrole nitrogens is 1. The minimum absolute atomic E-state index is 0.755. The van der Waals surface area contributed by atoms with Crippen LogP contribution in [0.15, 0.2) is 45.3 Å². The SMILES string of the molecule is Brc1ccc2c3ccc(Br)cc3n(CCc3nnn[nH]3)c2c1. The van der Waals surface area contributed by atoms with Crippen LogP contribution in [0.2, 0.25) is 0 Å². The first-order valence-electron chi connectivity index (χ1n) is 6.82. The maximum Gasteiger partial charge on any atom is 0.150 e. The van der Waals surface area contributed by atoms with Gasteiger partial charge in [0.2, 0.25) is 0 Å². The Morgan fingerprint density at radius 3 is 2.14 bits per heavy atom. The fourth-order valence-corrected chi connectivity index (χ4v) is 3.48. The number of nitrogens with zero attached hydrogens (tertiary/aromatic N) is 4. The van der Waals surface area contributed by atoms with E-state index in [0.29, 0.717) is 0 Å². The molecule has 4 aromatic rings. The molecule has 0 aliphatic rings. The molecule has 2 aromatic carbocycles. The molecule has 0 aliphatic heterocycles. The van der Waals surface area contributed by atoms with Crippen molar-refractivity contribution in [1.29, 1.82) is 0 Å². The summed E-state index contributed by atoms with van der Waals surface area (Å²) in [5.74, 6) is 0.792. The fourth-order valence-electron chi connectivity index (χ4n) is 2.78. The molecule has 110 valence electrons. The largest absolute Gasteiger partial charge is 0.340 e. The van der Waals surface area contributed by atoms with Crippen molar-refractivity contribution in [2.45, 2.75) is 13.0 Å². The maximum atomic E-state index is 3.96. The number of halogens is 2. The van der Waals surface area contributed by atoms with Crippen LogP contribution < -0.4 is 0 Å². The normalized spacial score (nSPS) is 11.5. The third kappa shape index (κ3) is 2.34. The predicted octanol–water partition coefficient (Wildman–Crippen LogP) is 4.08. The zero-order valence-electron chi connectivity index (χ0n) is 11.4. The van der Waals surface area contributed by atoms with Crippen LogP contribution in [-0.2, 0) is 13.0 Å². The molecule has 0 atom stereocenters. The quantitative estimate of drug-likeness (QED) is 0.543. The van der Waals surface area contributed by atoms with E-state index in [1.54, 1.807) is 0 Å². The monoisotopic (exact) mass is 419 g/mol. The zero-order chi connectivity index (χ0) is 15.1. The zero-order valence-corrected chi connectivity index (χ0v) is 14.6. The van der Waals surface area contributed by atoms with E-state index in [-0.39, 0.29) is 0 Å². The summed E-state index contributed by atoms with van der Waals surface area (Å²) >= 11 is 7.13. The molecule has 0 saturated carbocycles. The number of hydrogen-bond acceptors (Lipinski definition) is 3. The van der Waals surface area contributed by atoms with Gasteiger partial charge in [-0.1, -0.05) is 44.0 Å². The smallest absolute Gasteiger partial charge is 0.150 e. The molecule has 4 rings (SSSR count). The van der Waals surface area contributed by atoms with Gasteiger partial charge < -0.3 is 4.57 Å². The van der Waals surface area contributed by atoms with Crippen LogP contribution in [-0.4, -0.2) is 25.2 Å². The van der Waals surface area contributed by atoms with Gasteiger partial charge in [0, 0.05) is 32.7 Å². The number of benzene rings is 2. The lowest BCUT2D eigenvalue weighted by Gasteiger charge is -2.06. The lowest BCUT2D eigenvalue weighted by molar-refractivity contribution is 0.712. The number of tetrazole rings is 1. The number of fused-ring (bicyclic) bond motifs is 3. The van der Waals surface area contributed by atoms with E-state index >= 15 is 0 Å². The molecule has 0 aliphatic carbocycles. The second kappa shape index (κ2) is 5.48. The second-order valence-electron chi connectivity index (χ2n) is 5.07. The Morgan fingerprint density at radius 1 is 0.955 bits per heavy atom. The Hall–Kier alpha value is -1.73. The van der Waals surface area contributed by atoms with Gasteiger partial charge in [-0.2, -0.15) is 0 Å². The summed E-state index contributed by atoms with van der Waals surface area (Å²) < 4.78 is 4.46. The van der Waals surface area contributed by atoms with Crippen LogP contribution in [0.25, 0.3) is 21.8 Å². The van der Waals surface area contributed by atoms with Crippen LogP contribution in [0.4, 0.5) is 0 Å². The molecule has 1 N–H and O–H groups in total. The lowest BCUT2D eigenvalue weighted by Crippen LogP contribution is -2.02. The molecule has 0 radical (unpaired) electrons. The first-order valence-corrected chi connectivity index (χ1v) is 8.40. The van der Waals surface area contributed by atoms with Crippen LogP contribution in [0.1, 0.15) is 5.82 Å². The van der Waals surface area contributed by atoms with E-state index in [0.717, 1.165) is 27.7 Å². The number of aromatic nitrogens is 5. The molecule has 2 heterocycles. The standard InChI is InChI=1S/C15H11Br2N5/c16-9-1-3-11-12-4-2-10(17)8-14(12)22(13(11)7-9)6-5-15-18-20-21-19-15/h1-4,7-8H,5-6H2,(H,18,19,20,21). The molecule has 0 fully saturated rings. The number of aryl methyl sites for hydroxylation is 2. The number of nitrogens with one attached hydrogen (secondary N) is 1. The molecular weight excluding hydrogens is 410 g/mol. The fraction of sp³-hybridized carbons (Fsp3) is 0.133. The predicted molar refractivity (Wildman–Crippen MR) is 92.7 cm³/mol. The summed E-state index contributed by atoms with van der Waals surface area (Å²) in [7, 11) is 0. The molecule has 0 spiro atoms. The topological polar surface area (TPSA) is 59.4 Å². The second-order valence-corrected chi connectivity index (χ2v) is 6.90. The van der Waals surface area contributed by atoms with Crippen LogP contribution in [0, 0.1) is 0 Å². The van der Waals surface area contributed by atoms with Gasteiger partial charge in [0.1, 0.15) is 5.82 Å².